The van der Waals surface area contributed by atoms with E-state index in [1.807, 2.05) is 10.8 Å². The number of hydrogen-bond acceptors (Lipinski definition) is 5. The Kier molecular flexibility index (Phi) is 4.05. The van der Waals surface area contributed by atoms with E-state index in [4.69, 9.17) is 4.52 Å². The van der Waals surface area contributed by atoms with Crippen molar-refractivity contribution in [3.05, 3.63) is 30.2 Å². The molecule has 22 heavy (non-hydrogen) atoms. The van der Waals surface area contributed by atoms with Crippen LogP contribution in [-0.4, -0.2) is 40.5 Å². The van der Waals surface area contributed by atoms with Crippen LogP contribution in [0.25, 0.3) is 0 Å². The van der Waals surface area contributed by atoms with Gasteiger partial charge in [0.05, 0.1) is 6.33 Å². The quantitative estimate of drug-likeness (QED) is 0.853. The highest BCUT2D eigenvalue weighted by Gasteiger charge is 2.33. The summed E-state index contributed by atoms with van der Waals surface area (Å²) in [4.78, 5) is 4.26. The van der Waals surface area contributed by atoms with Gasteiger partial charge in [-0.25, -0.2) is 13.4 Å². The molecule has 0 unspecified atom stereocenters. The van der Waals surface area contributed by atoms with E-state index in [9.17, 15) is 8.42 Å². The molecule has 1 aliphatic heterocycles. The van der Waals surface area contributed by atoms with Crippen molar-refractivity contribution in [1.82, 2.24) is 19.0 Å². The van der Waals surface area contributed by atoms with Gasteiger partial charge in [0.15, 0.2) is 5.76 Å². The van der Waals surface area contributed by atoms with Crippen LogP contribution in [0.2, 0.25) is 0 Å². The Balaban J connectivity index is 1.68. The lowest BCUT2D eigenvalue weighted by Crippen LogP contribution is -2.39. The van der Waals surface area contributed by atoms with Crippen LogP contribution in [0.3, 0.4) is 0 Å². The summed E-state index contributed by atoms with van der Waals surface area (Å²) in [5.41, 5.74) is 0.429. The van der Waals surface area contributed by atoms with Crippen molar-refractivity contribution in [1.29, 1.82) is 0 Å². The van der Waals surface area contributed by atoms with Crippen LogP contribution >= 0.6 is 0 Å². The van der Waals surface area contributed by atoms with Gasteiger partial charge in [-0.1, -0.05) is 5.16 Å². The molecule has 3 rings (SSSR count). The van der Waals surface area contributed by atoms with Gasteiger partial charge < -0.3 is 9.09 Å². The fraction of sp³-hybridized carbons (Fsp3) is 0.571. The average Bonchev–Trinajstić information content (AvgIpc) is 3.10. The third-order valence-electron chi connectivity index (χ3n) is 4.17. The topological polar surface area (TPSA) is 81.2 Å². The van der Waals surface area contributed by atoms with Crippen molar-refractivity contribution in [3.8, 4) is 0 Å². The maximum atomic E-state index is 12.7. The van der Waals surface area contributed by atoms with Gasteiger partial charge >= 0.3 is 0 Å². The van der Waals surface area contributed by atoms with Crippen molar-refractivity contribution in [3.63, 3.8) is 0 Å². The first-order valence-electron chi connectivity index (χ1n) is 7.37. The highest BCUT2D eigenvalue weighted by molar-refractivity contribution is 7.89. The third-order valence-corrected chi connectivity index (χ3v) is 6.31. The van der Waals surface area contributed by atoms with E-state index in [1.54, 1.807) is 30.7 Å². The molecule has 0 atom stereocenters. The largest absolute Gasteiger partial charge is 0.360 e. The summed E-state index contributed by atoms with van der Waals surface area (Å²) < 4.78 is 34.0. The molecule has 0 radical (unpaired) electrons. The lowest BCUT2D eigenvalue weighted by molar-refractivity contribution is 0.252. The fourth-order valence-electron chi connectivity index (χ4n) is 3.00. The minimum absolute atomic E-state index is 0.223. The van der Waals surface area contributed by atoms with E-state index in [0.29, 0.717) is 30.5 Å². The molecule has 0 saturated carbocycles. The molecule has 1 aliphatic rings. The van der Waals surface area contributed by atoms with Gasteiger partial charge in [-0.3, -0.25) is 0 Å². The first-order valence-corrected chi connectivity index (χ1v) is 8.81. The van der Waals surface area contributed by atoms with Crippen molar-refractivity contribution in [2.75, 3.05) is 13.1 Å². The van der Waals surface area contributed by atoms with Crippen molar-refractivity contribution in [2.24, 2.45) is 5.92 Å². The predicted molar refractivity (Wildman–Crippen MR) is 79.7 cm³/mol. The number of imidazole rings is 1. The van der Waals surface area contributed by atoms with Crippen LogP contribution in [0.4, 0.5) is 0 Å². The number of nitrogens with zero attached hydrogens (tertiary/aromatic N) is 4. The molecule has 3 heterocycles. The van der Waals surface area contributed by atoms with E-state index in [-0.39, 0.29) is 4.90 Å². The van der Waals surface area contributed by atoms with Crippen molar-refractivity contribution < 1.29 is 12.9 Å². The molecule has 0 N–H and O–H groups in total. The molecule has 1 saturated heterocycles. The Hall–Kier alpha value is -1.67. The SMILES string of the molecule is Cc1noc(C)c1S(=O)(=O)N1CCC(Cn2ccnc2)CC1. The number of piperidine rings is 1. The summed E-state index contributed by atoms with van der Waals surface area (Å²) in [6, 6.07) is 0. The monoisotopic (exact) mass is 324 g/mol. The molecule has 0 aliphatic carbocycles. The summed E-state index contributed by atoms with van der Waals surface area (Å²) in [5, 5.41) is 3.75. The normalized spacial score (nSPS) is 17.9. The van der Waals surface area contributed by atoms with Crippen LogP contribution in [0.1, 0.15) is 24.3 Å². The molecule has 0 amide bonds. The second-order valence-corrected chi connectivity index (χ2v) is 7.64. The van der Waals surface area contributed by atoms with Crippen molar-refractivity contribution in [2.45, 2.75) is 38.1 Å². The van der Waals surface area contributed by atoms with Gasteiger partial charge in [0.1, 0.15) is 10.6 Å². The third kappa shape index (κ3) is 2.80. The Morgan fingerprint density at radius 1 is 1.32 bits per heavy atom. The minimum Gasteiger partial charge on any atom is -0.360 e. The summed E-state index contributed by atoms with van der Waals surface area (Å²) in [7, 11) is -3.51. The fourth-order valence-corrected chi connectivity index (χ4v) is 4.76. The van der Waals surface area contributed by atoms with E-state index in [1.165, 1.54) is 0 Å². The number of hydrogen-bond donors (Lipinski definition) is 0. The van der Waals surface area contributed by atoms with E-state index >= 15 is 0 Å². The zero-order valence-corrected chi connectivity index (χ0v) is 13.6. The lowest BCUT2D eigenvalue weighted by Gasteiger charge is -2.31. The lowest BCUT2D eigenvalue weighted by atomic mass is 9.98. The van der Waals surface area contributed by atoms with Gasteiger partial charge in [0.25, 0.3) is 0 Å². The number of rotatable bonds is 4. The molecular weight excluding hydrogens is 304 g/mol. The number of sulfonamides is 1. The molecule has 120 valence electrons. The van der Waals surface area contributed by atoms with Gasteiger partial charge in [-0.05, 0) is 32.6 Å². The summed E-state index contributed by atoms with van der Waals surface area (Å²) in [6.07, 6.45) is 7.19. The molecule has 0 bridgehead atoms. The Bertz CT molecular complexity index is 709. The predicted octanol–water partition coefficient (Wildman–Crippen LogP) is 1.59. The molecule has 0 spiro atoms. The second kappa shape index (κ2) is 5.85. The Morgan fingerprint density at radius 2 is 2.05 bits per heavy atom. The highest BCUT2D eigenvalue weighted by Crippen LogP contribution is 2.28. The first kappa shape index (κ1) is 15.2. The zero-order chi connectivity index (χ0) is 15.7. The zero-order valence-electron chi connectivity index (χ0n) is 12.8. The maximum absolute atomic E-state index is 12.7. The highest BCUT2D eigenvalue weighted by atomic mass is 32.2. The smallest absolute Gasteiger partial charge is 0.248 e. The first-order chi connectivity index (χ1) is 10.5. The molecule has 1 fully saturated rings. The van der Waals surface area contributed by atoms with E-state index < -0.39 is 10.0 Å². The van der Waals surface area contributed by atoms with Gasteiger partial charge in [0, 0.05) is 32.0 Å². The summed E-state index contributed by atoms with van der Waals surface area (Å²) >= 11 is 0. The van der Waals surface area contributed by atoms with E-state index in [0.717, 1.165) is 19.4 Å². The van der Waals surface area contributed by atoms with Gasteiger partial charge in [0.2, 0.25) is 10.0 Å². The summed E-state index contributed by atoms with van der Waals surface area (Å²) in [5.74, 6) is 0.836. The number of aryl methyl sites for hydroxylation is 2. The second-order valence-electron chi connectivity index (χ2n) is 5.76. The van der Waals surface area contributed by atoms with Crippen LogP contribution in [-0.2, 0) is 16.6 Å². The minimum atomic E-state index is -3.51. The van der Waals surface area contributed by atoms with E-state index in [2.05, 4.69) is 10.1 Å². The molecular formula is C14H20N4O3S. The van der Waals surface area contributed by atoms with Crippen molar-refractivity contribution >= 4 is 10.0 Å². The van der Waals surface area contributed by atoms with Gasteiger partial charge in [-0.2, -0.15) is 4.31 Å². The van der Waals surface area contributed by atoms with Crippen LogP contribution in [0.15, 0.2) is 28.1 Å². The Labute approximate surface area is 130 Å². The van der Waals surface area contributed by atoms with Gasteiger partial charge in [-0.15, -0.1) is 0 Å². The molecule has 8 heteroatoms. The summed E-state index contributed by atoms with van der Waals surface area (Å²) in [6.45, 7) is 5.25. The maximum Gasteiger partial charge on any atom is 0.248 e. The molecule has 2 aromatic heterocycles. The van der Waals surface area contributed by atoms with Crippen LogP contribution in [0.5, 0.6) is 0 Å². The van der Waals surface area contributed by atoms with Crippen LogP contribution in [0, 0.1) is 19.8 Å². The molecule has 7 nitrogen and oxygen atoms in total. The Morgan fingerprint density at radius 3 is 2.59 bits per heavy atom. The number of aromatic nitrogens is 3. The van der Waals surface area contributed by atoms with Crippen LogP contribution < -0.4 is 0 Å². The standard InChI is InChI=1S/C14H20N4O3S/c1-11-14(12(2)21-16-11)22(19,20)18-6-3-13(4-7-18)9-17-8-5-15-10-17/h5,8,10,13H,3-4,6-7,9H2,1-2H3. The molecule has 2 aromatic rings. The molecule has 0 aromatic carbocycles. The average molecular weight is 324 g/mol.